The Morgan fingerprint density at radius 1 is 1.14 bits per heavy atom. The lowest BCUT2D eigenvalue weighted by Gasteiger charge is -2.28. The first-order chi connectivity index (χ1) is 13.3. The van der Waals surface area contributed by atoms with Crippen molar-refractivity contribution in [3.63, 3.8) is 0 Å². The number of hydrogen-bond acceptors (Lipinski definition) is 7. The zero-order valence-corrected chi connectivity index (χ0v) is 16.5. The van der Waals surface area contributed by atoms with Gasteiger partial charge in [0.2, 0.25) is 15.9 Å². The minimum absolute atomic E-state index is 0.0839. The minimum atomic E-state index is -3.77. The topological polar surface area (TPSA) is 125 Å². The number of nitrogens with zero attached hydrogens (tertiary/aromatic N) is 1. The number of morpholine rings is 1. The zero-order valence-electron chi connectivity index (χ0n) is 15.7. The summed E-state index contributed by atoms with van der Waals surface area (Å²) in [6.07, 6.45) is -4.47. The maximum Gasteiger partial charge on any atom is 0.240 e. The van der Waals surface area contributed by atoms with Gasteiger partial charge in [0, 0.05) is 19.6 Å². The summed E-state index contributed by atoms with van der Waals surface area (Å²) in [4.78, 5) is 14.1. The Balaban J connectivity index is 1.56. The number of hydrogen-bond donors (Lipinski definition) is 3. The zero-order chi connectivity index (χ0) is 20.3. The maximum atomic E-state index is 12.4. The molecule has 0 aliphatic carbocycles. The van der Waals surface area contributed by atoms with Gasteiger partial charge in [0.05, 0.1) is 30.6 Å². The second-order valence-electron chi connectivity index (χ2n) is 7.06. The first-order valence-corrected chi connectivity index (χ1v) is 10.7. The normalized spacial score (nSPS) is 28.5. The van der Waals surface area contributed by atoms with Crippen LogP contribution < -0.4 is 4.72 Å². The number of nitrogens with one attached hydrogen (secondary N) is 1. The third-order valence-corrected chi connectivity index (χ3v) is 6.45. The fourth-order valence-corrected chi connectivity index (χ4v) is 4.31. The molecule has 4 atom stereocenters. The first kappa shape index (κ1) is 21.2. The van der Waals surface area contributed by atoms with Crippen molar-refractivity contribution >= 4 is 15.9 Å². The van der Waals surface area contributed by atoms with Gasteiger partial charge < -0.3 is 24.6 Å². The monoisotopic (exact) mass is 414 g/mol. The quantitative estimate of drug-likeness (QED) is 0.546. The predicted octanol–water partition coefficient (Wildman–Crippen LogP) is -0.989. The van der Waals surface area contributed by atoms with Gasteiger partial charge in [-0.25, -0.2) is 13.1 Å². The van der Waals surface area contributed by atoms with Crippen LogP contribution >= 0.6 is 0 Å². The van der Waals surface area contributed by atoms with Crippen LogP contribution in [0.1, 0.15) is 12.0 Å². The third-order valence-electron chi connectivity index (χ3n) is 5.01. The van der Waals surface area contributed by atoms with Crippen LogP contribution in [0.15, 0.2) is 29.2 Å². The van der Waals surface area contributed by atoms with Gasteiger partial charge in [-0.3, -0.25) is 4.79 Å². The van der Waals surface area contributed by atoms with Crippen molar-refractivity contribution in [1.29, 1.82) is 0 Å². The molecule has 9 nitrogen and oxygen atoms in total. The Hall–Kier alpha value is -1.56. The fourth-order valence-electron chi connectivity index (χ4n) is 3.27. The molecule has 0 saturated carbocycles. The van der Waals surface area contributed by atoms with Gasteiger partial charge in [-0.05, 0) is 19.1 Å². The Labute approximate surface area is 164 Å². The van der Waals surface area contributed by atoms with E-state index in [9.17, 15) is 23.4 Å². The van der Waals surface area contributed by atoms with Gasteiger partial charge in [-0.1, -0.05) is 17.7 Å². The molecule has 2 saturated heterocycles. The molecule has 28 heavy (non-hydrogen) atoms. The third kappa shape index (κ3) is 4.88. The van der Waals surface area contributed by atoms with Crippen LogP contribution in [-0.2, 0) is 24.3 Å². The van der Waals surface area contributed by atoms with E-state index < -0.39 is 34.4 Å². The van der Waals surface area contributed by atoms with Crippen LogP contribution in [0.3, 0.4) is 0 Å². The van der Waals surface area contributed by atoms with Crippen LogP contribution in [0.2, 0.25) is 0 Å². The van der Waals surface area contributed by atoms with E-state index >= 15 is 0 Å². The van der Waals surface area contributed by atoms with Crippen LogP contribution in [0.5, 0.6) is 0 Å². The number of sulfonamides is 1. The molecule has 1 amide bonds. The smallest absolute Gasteiger partial charge is 0.240 e. The number of aliphatic hydroxyl groups is 2. The summed E-state index contributed by atoms with van der Waals surface area (Å²) in [5.74, 6) is -0.194. The Morgan fingerprint density at radius 3 is 2.39 bits per heavy atom. The van der Waals surface area contributed by atoms with E-state index in [0.717, 1.165) is 5.56 Å². The molecule has 0 aromatic heterocycles. The van der Waals surface area contributed by atoms with Gasteiger partial charge >= 0.3 is 0 Å². The molecular formula is C18H26N2O7S. The van der Waals surface area contributed by atoms with Crippen molar-refractivity contribution in [3.8, 4) is 0 Å². The first-order valence-electron chi connectivity index (χ1n) is 9.21. The highest BCUT2D eigenvalue weighted by Crippen LogP contribution is 2.24. The molecule has 1 aromatic carbocycles. The standard InChI is InChI=1S/C18H26N2O7S/c1-12-2-4-13(5-3-12)28(24,25)19-11-15-18(23)17(22)14(27-15)10-16(21)20-6-8-26-9-7-20/h2-5,14-15,17-19,22-23H,6-11H2,1H3. The molecule has 1 aromatic rings. The molecule has 4 unspecified atom stereocenters. The average molecular weight is 414 g/mol. The highest BCUT2D eigenvalue weighted by Gasteiger charge is 2.44. The van der Waals surface area contributed by atoms with E-state index in [0.29, 0.717) is 26.3 Å². The summed E-state index contributed by atoms with van der Waals surface area (Å²) in [6.45, 7) is 3.52. The molecule has 10 heteroatoms. The molecule has 156 valence electrons. The fraction of sp³-hybridized carbons (Fsp3) is 0.611. The number of aryl methyl sites for hydroxylation is 1. The van der Waals surface area contributed by atoms with Crippen molar-refractivity contribution in [2.75, 3.05) is 32.8 Å². The van der Waals surface area contributed by atoms with Crippen LogP contribution in [0.4, 0.5) is 0 Å². The SMILES string of the molecule is Cc1ccc(S(=O)(=O)NCC2OC(CC(=O)N3CCOCC3)C(O)C2O)cc1. The number of carbonyl (C=O) groups excluding carboxylic acids is 1. The number of amides is 1. The second-order valence-corrected chi connectivity index (χ2v) is 8.82. The summed E-state index contributed by atoms with van der Waals surface area (Å²) in [7, 11) is -3.77. The predicted molar refractivity (Wildman–Crippen MR) is 99.1 cm³/mol. The molecule has 3 rings (SSSR count). The van der Waals surface area contributed by atoms with Gasteiger partial charge in [0.25, 0.3) is 0 Å². The summed E-state index contributed by atoms with van der Waals surface area (Å²) >= 11 is 0. The Morgan fingerprint density at radius 2 is 1.75 bits per heavy atom. The summed E-state index contributed by atoms with van der Waals surface area (Å²) < 4.78 is 37.9. The Bertz CT molecular complexity index is 778. The number of rotatable bonds is 6. The van der Waals surface area contributed by atoms with E-state index in [1.165, 1.54) is 12.1 Å². The molecule has 2 fully saturated rings. The van der Waals surface area contributed by atoms with E-state index in [-0.39, 0.29) is 23.8 Å². The highest BCUT2D eigenvalue weighted by molar-refractivity contribution is 7.89. The maximum absolute atomic E-state index is 12.4. The average Bonchev–Trinajstić information content (AvgIpc) is 2.95. The van der Waals surface area contributed by atoms with Gasteiger partial charge in [-0.2, -0.15) is 0 Å². The van der Waals surface area contributed by atoms with E-state index in [1.807, 2.05) is 6.92 Å². The molecular weight excluding hydrogens is 388 g/mol. The molecule has 2 heterocycles. The second kappa shape index (κ2) is 8.85. The van der Waals surface area contributed by atoms with Crippen LogP contribution in [0, 0.1) is 6.92 Å². The summed E-state index contributed by atoms with van der Waals surface area (Å²) in [5, 5.41) is 20.4. The highest BCUT2D eigenvalue weighted by atomic mass is 32.2. The van der Waals surface area contributed by atoms with Gasteiger partial charge in [0.15, 0.2) is 0 Å². The molecule has 0 radical (unpaired) electrons. The molecule has 0 spiro atoms. The molecule has 3 N–H and O–H groups in total. The summed E-state index contributed by atoms with van der Waals surface area (Å²) in [6, 6.07) is 6.35. The molecule has 2 aliphatic heterocycles. The van der Waals surface area contributed by atoms with E-state index in [1.54, 1.807) is 17.0 Å². The van der Waals surface area contributed by atoms with E-state index in [2.05, 4.69) is 4.72 Å². The van der Waals surface area contributed by atoms with Crippen molar-refractivity contribution in [2.24, 2.45) is 0 Å². The molecule has 2 aliphatic rings. The van der Waals surface area contributed by atoms with Gasteiger partial charge in [0.1, 0.15) is 18.3 Å². The lowest BCUT2D eigenvalue weighted by atomic mass is 10.1. The van der Waals surface area contributed by atoms with Crippen molar-refractivity contribution in [3.05, 3.63) is 29.8 Å². The lowest BCUT2D eigenvalue weighted by molar-refractivity contribution is -0.139. The largest absolute Gasteiger partial charge is 0.388 e. The van der Waals surface area contributed by atoms with Gasteiger partial charge in [-0.15, -0.1) is 0 Å². The van der Waals surface area contributed by atoms with Crippen molar-refractivity contribution < 1.29 is 32.9 Å². The molecule has 0 bridgehead atoms. The van der Waals surface area contributed by atoms with E-state index in [4.69, 9.17) is 9.47 Å². The number of carbonyl (C=O) groups is 1. The van der Waals surface area contributed by atoms with Crippen molar-refractivity contribution in [2.45, 2.75) is 42.7 Å². The minimum Gasteiger partial charge on any atom is -0.388 e. The van der Waals surface area contributed by atoms with Crippen LogP contribution in [0.25, 0.3) is 0 Å². The number of aliphatic hydroxyl groups excluding tert-OH is 2. The van der Waals surface area contributed by atoms with Crippen molar-refractivity contribution in [1.82, 2.24) is 9.62 Å². The Kier molecular flexibility index (Phi) is 6.69. The van der Waals surface area contributed by atoms with Crippen LogP contribution in [-0.4, -0.2) is 86.7 Å². The number of ether oxygens (including phenoxy) is 2. The summed E-state index contributed by atoms with van der Waals surface area (Å²) in [5.41, 5.74) is 0.935. The lowest BCUT2D eigenvalue weighted by Crippen LogP contribution is -2.43. The number of benzene rings is 1.